The minimum atomic E-state index is 0.156. The molecule has 0 spiro atoms. The van der Waals surface area contributed by atoms with E-state index in [0.717, 1.165) is 32.2 Å². The lowest BCUT2D eigenvalue weighted by atomic mass is 9.85. The largest absolute Gasteiger partial charge is 0.356 e. The summed E-state index contributed by atoms with van der Waals surface area (Å²) in [5.41, 5.74) is 5.89. The minimum absolute atomic E-state index is 0.156. The van der Waals surface area contributed by atoms with Crippen LogP contribution in [-0.4, -0.2) is 18.5 Å². The Morgan fingerprint density at radius 2 is 2.06 bits per heavy atom. The molecule has 3 atom stereocenters. The van der Waals surface area contributed by atoms with E-state index in [-0.39, 0.29) is 17.9 Å². The molecule has 0 heterocycles. The Morgan fingerprint density at radius 3 is 2.62 bits per heavy atom. The zero-order valence-electron chi connectivity index (χ0n) is 10.8. The predicted octanol–water partition coefficient (Wildman–Crippen LogP) is 1.91. The van der Waals surface area contributed by atoms with Gasteiger partial charge in [0.05, 0.1) is 0 Å². The molecule has 0 saturated heterocycles. The van der Waals surface area contributed by atoms with Crippen molar-refractivity contribution in [2.24, 2.45) is 23.5 Å². The second-order valence-electron chi connectivity index (χ2n) is 5.59. The van der Waals surface area contributed by atoms with Gasteiger partial charge in [0.1, 0.15) is 0 Å². The first-order valence-corrected chi connectivity index (χ1v) is 6.54. The van der Waals surface area contributed by atoms with Crippen LogP contribution >= 0.6 is 0 Å². The number of hydrogen-bond acceptors (Lipinski definition) is 2. The molecule has 0 aromatic heterocycles. The summed E-state index contributed by atoms with van der Waals surface area (Å²) < 4.78 is 0. The highest BCUT2D eigenvalue weighted by molar-refractivity contribution is 5.78. The van der Waals surface area contributed by atoms with Gasteiger partial charge in [0, 0.05) is 18.5 Å². The maximum Gasteiger partial charge on any atom is 0.223 e. The molecule has 1 rings (SSSR count). The van der Waals surface area contributed by atoms with E-state index in [4.69, 9.17) is 5.73 Å². The number of carbonyl (C=O) groups excluding carboxylic acids is 1. The zero-order valence-corrected chi connectivity index (χ0v) is 10.8. The lowest BCUT2D eigenvalue weighted by molar-refractivity contribution is -0.126. The van der Waals surface area contributed by atoms with E-state index in [1.54, 1.807) is 0 Å². The fraction of sp³-hybridized carbons (Fsp3) is 0.923. The molecule has 0 radical (unpaired) electrons. The van der Waals surface area contributed by atoms with Crippen molar-refractivity contribution in [3.8, 4) is 0 Å². The smallest absolute Gasteiger partial charge is 0.223 e. The van der Waals surface area contributed by atoms with Crippen LogP contribution in [0.4, 0.5) is 0 Å². The number of hydrogen-bond donors (Lipinski definition) is 2. The van der Waals surface area contributed by atoms with Gasteiger partial charge in [-0.1, -0.05) is 27.2 Å². The standard InChI is InChI=1S/C13H26N2O/c1-9(2)10(3)8-15-13(16)11-5-4-6-12(14)7-11/h9-12H,4-8,14H2,1-3H3,(H,15,16). The SMILES string of the molecule is CC(C)C(C)CNC(=O)C1CCCC(N)C1. The van der Waals surface area contributed by atoms with E-state index in [0.29, 0.717) is 11.8 Å². The van der Waals surface area contributed by atoms with Crippen molar-refractivity contribution in [1.82, 2.24) is 5.32 Å². The van der Waals surface area contributed by atoms with E-state index in [1.807, 2.05) is 0 Å². The van der Waals surface area contributed by atoms with Crippen LogP contribution in [0.1, 0.15) is 46.5 Å². The Bertz CT molecular complexity index is 228. The number of rotatable bonds is 4. The highest BCUT2D eigenvalue weighted by atomic mass is 16.1. The third-order valence-electron chi connectivity index (χ3n) is 3.82. The van der Waals surface area contributed by atoms with E-state index >= 15 is 0 Å². The molecule has 16 heavy (non-hydrogen) atoms. The van der Waals surface area contributed by atoms with Crippen LogP contribution < -0.4 is 11.1 Å². The predicted molar refractivity (Wildman–Crippen MR) is 66.9 cm³/mol. The van der Waals surface area contributed by atoms with E-state index < -0.39 is 0 Å². The van der Waals surface area contributed by atoms with Crippen molar-refractivity contribution in [3.05, 3.63) is 0 Å². The maximum absolute atomic E-state index is 11.9. The Labute approximate surface area is 99.2 Å². The summed E-state index contributed by atoms with van der Waals surface area (Å²) >= 11 is 0. The zero-order chi connectivity index (χ0) is 12.1. The first kappa shape index (κ1) is 13.5. The molecule has 3 unspecified atom stereocenters. The van der Waals surface area contributed by atoms with Gasteiger partial charge in [-0.25, -0.2) is 0 Å². The van der Waals surface area contributed by atoms with Gasteiger partial charge in [-0.05, 0) is 31.1 Å². The fourth-order valence-electron chi connectivity index (χ4n) is 2.11. The van der Waals surface area contributed by atoms with Crippen LogP contribution in [0.2, 0.25) is 0 Å². The number of nitrogens with one attached hydrogen (secondary N) is 1. The summed E-state index contributed by atoms with van der Waals surface area (Å²) in [5.74, 6) is 1.53. The minimum Gasteiger partial charge on any atom is -0.356 e. The highest BCUT2D eigenvalue weighted by Gasteiger charge is 2.25. The molecule has 0 aliphatic heterocycles. The summed E-state index contributed by atoms with van der Waals surface area (Å²) in [4.78, 5) is 11.9. The average molecular weight is 226 g/mol. The Kier molecular flexibility index (Phi) is 5.26. The second kappa shape index (κ2) is 6.24. The summed E-state index contributed by atoms with van der Waals surface area (Å²) in [6.07, 6.45) is 4.04. The van der Waals surface area contributed by atoms with Gasteiger partial charge in [0.2, 0.25) is 5.91 Å². The molecule has 1 amide bonds. The molecule has 3 N–H and O–H groups in total. The first-order chi connectivity index (χ1) is 7.50. The third-order valence-corrected chi connectivity index (χ3v) is 3.82. The van der Waals surface area contributed by atoms with Crippen LogP contribution in [0.3, 0.4) is 0 Å². The number of nitrogens with two attached hydrogens (primary N) is 1. The van der Waals surface area contributed by atoms with Crippen LogP contribution in [0.25, 0.3) is 0 Å². The summed E-state index contributed by atoms with van der Waals surface area (Å²) in [6, 6.07) is 0.229. The highest BCUT2D eigenvalue weighted by Crippen LogP contribution is 2.23. The average Bonchev–Trinajstić information content (AvgIpc) is 2.25. The number of carbonyl (C=O) groups is 1. The van der Waals surface area contributed by atoms with Crippen LogP contribution in [-0.2, 0) is 4.79 Å². The molecular weight excluding hydrogens is 200 g/mol. The van der Waals surface area contributed by atoms with E-state index in [1.165, 1.54) is 0 Å². The molecule has 94 valence electrons. The monoisotopic (exact) mass is 226 g/mol. The second-order valence-corrected chi connectivity index (χ2v) is 5.59. The molecule has 0 aromatic rings. The Balaban J connectivity index is 2.29. The van der Waals surface area contributed by atoms with Gasteiger partial charge in [0.25, 0.3) is 0 Å². The molecule has 0 aromatic carbocycles. The quantitative estimate of drug-likeness (QED) is 0.769. The van der Waals surface area contributed by atoms with Gasteiger partial charge in [0.15, 0.2) is 0 Å². The van der Waals surface area contributed by atoms with Crippen LogP contribution in [0.15, 0.2) is 0 Å². The van der Waals surface area contributed by atoms with E-state index in [2.05, 4.69) is 26.1 Å². The third kappa shape index (κ3) is 4.12. The van der Waals surface area contributed by atoms with Gasteiger partial charge in [-0.3, -0.25) is 4.79 Å². The summed E-state index contributed by atoms with van der Waals surface area (Å²) in [6.45, 7) is 7.35. The topological polar surface area (TPSA) is 55.1 Å². The van der Waals surface area contributed by atoms with Crippen molar-refractivity contribution in [1.29, 1.82) is 0 Å². The summed E-state index contributed by atoms with van der Waals surface area (Å²) in [7, 11) is 0. The first-order valence-electron chi connectivity index (χ1n) is 6.54. The molecule has 1 aliphatic carbocycles. The molecule has 1 saturated carbocycles. The molecule has 0 bridgehead atoms. The van der Waals surface area contributed by atoms with Crippen molar-refractivity contribution < 1.29 is 4.79 Å². The van der Waals surface area contributed by atoms with Crippen LogP contribution in [0, 0.1) is 17.8 Å². The van der Waals surface area contributed by atoms with Gasteiger partial charge in [-0.15, -0.1) is 0 Å². The van der Waals surface area contributed by atoms with Crippen molar-refractivity contribution in [2.45, 2.75) is 52.5 Å². The fourth-order valence-corrected chi connectivity index (χ4v) is 2.11. The van der Waals surface area contributed by atoms with E-state index in [9.17, 15) is 4.79 Å². The summed E-state index contributed by atoms with van der Waals surface area (Å²) in [5, 5.41) is 3.06. The van der Waals surface area contributed by atoms with Crippen molar-refractivity contribution in [2.75, 3.05) is 6.54 Å². The molecule has 1 fully saturated rings. The van der Waals surface area contributed by atoms with Crippen molar-refractivity contribution >= 4 is 5.91 Å². The lowest BCUT2D eigenvalue weighted by Crippen LogP contribution is -2.39. The van der Waals surface area contributed by atoms with Gasteiger partial charge < -0.3 is 11.1 Å². The normalized spacial score (nSPS) is 27.8. The lowest BCUT2D eigenvalue weighted by Gasteiger charge is -2.26. The van der Waals surface area contributed by atoms with Crippen molar-refractivity contribution in [3.63, 3.8) is 0 Å². The molecular formula is C13H26N2O. The Morgan fingerprint density at radius 1 is 1.38 bits per heavy atom. The Hall–Kier alpha value is -0.570. The van der Waals surface area contributed by atoms with Gasteiger partial charge in [-0.2, -0.15) is 0 Å². The van der Waals surface area contributed by atoms with Gasteiger partial charge >= 0.3 is 0 Å². The maximum atomic E-state index is 11.9. The molecule has 1 aliphatic rings. The van der Waals surface area contributed by atoms with Crippen LogP contribution in [0.5, 0.6) is 0 Å². The number of amides is 1. The molecule has 3 heteroatoms. The molecule has 3 nitrogen and oxygen atoms in total.